The third kappa shape index (κ3) is 5.08. The van der Waals surface area contributed by atoms with E-state index in [4.69, 9.17) is 0 Å². The highest BCUT2D eigenvalue weighted by Gasteiger charge is 2.20. The average Bonchev–Trinajstić information content (AvgIpc) is 3.26. The number of carbonyl (C=O) groups excluding carboxylic acids is 2. The van der Waals surface area contributed by atoms with Crippen molar-refractivity contribution < 1.29 is 18.4 Å². The summed E-state index contributed by atoms with van der Waals surface area (Å²) < 4.78 is 28.5. The molecular formula is C22H22F2N4O2. The Morgan fingerprint density at radius 3 is 2.67 bits per heavy atom. The molecule has 8 heteroatoms. The first-order valence-corrected chi connectivity index (χ1v) is 9.43. The molecule has 1 atom stereocenters. The maximum absolute atomic E-state index is 13.5. The summed E-state index contributed by atoms with van der Waals surface area (Å²) in [6.07, 6.45) is 5.32. The normalized spacial score (nSPS) is 11.7. The van der Waals surface area contributed by atoms with Gasteiger partial charge in [0.2, 0.25) is 5.91 Å². The summed E-state index contributed by atoms with van der Waals surface area (Å²) in [5.74, 6) is -2.38. The van der Waals surface area contributed by atoms with Crippen LogP contribution in [0.5, 0.6) is 0 Å². The zero-order chi connectivity index (χ0) is 21.7. The summed E-state index contributed by atoms with van der Waals surface area (Å²) in [5, 5.41) is 2.78. The largest absolute Gasteiger partial charge is 0.337 e. The van der Waals surface area contributed by atoms with Gasteiger partial charge in [0.1, 0.15) is 0 Å². The van der Waals surface area contributed by atoms with Gasteiger partial charge in [-0.2, -0.15) is 0 Å². The first-order chi connectivity index (χ1) is 14.3. The van der Waals surface area contributed by atoms with E-state index in [0.29, 0.717) is 23.4 Å². The number of rotatable bonds is 7. The lowest BCUT2D eigenvalue weighted by Gasteiger charge is -2.25. The number of benzene rings is 2. The smallest absolute Gasteiger partial charge is 0.254 e. The predicted molar refractivity (Wildman–Crippen MR) is 109 cm³/mol. The summed E-state index contributed by atoms with van der Waals surface area (Å²) >= 11 is 0. The zero-order valence-electron chi connectivity index (χ0n) is 16.7. The lowest BCUT2D eigenvalue weighted by atomic mass is 10.1. The first-order valence-electron chi connectivity index (χ1n) is 9.43. The summed E-state index contributed by atoms with van der Waals surface area (Å²) in [5.41, 5.74) is 1.36. The summed E-state index contributed by atoms with van der Waals surface area (Å²) in [4.78, 5) is 30.4. The second-order valence-corrected chi connectivity index (χ2v) is 6.95. The molecule has 2 amide bonds. The van der Waals surface area contributed by atoms with Crippen LogP contribution in [-0.2, 0) is 11.3 Å². The van der Waals surface area contributed by atoms with E-state index in [2.05, 4.69) is 10.3 Å². The Bertz CT molecular complexity index is 1040. The minimum Gasteiger partial charge on any atom is -0.337 e. The fraction of sp³-hybridized carbons (Fsp3) is 0.227. The molecule has 0 saturated carbocycles. The summed E-state index contributed by atoms with van der Waals surface area (Å²) in [6, 6.07) is 9.70. The number of aryl methyl sites for hydroxylation is 1. The Balaban J connectivity index is 1.65. The number of imidazole rings is 1. The van der Waals surface area contributed by atoms with Crippen LogP contribution in [-0.4, -0.2) is 33.3 Å². The first kappa shape index (κ1) is 21.2. The van der Waals surface area contributed by atoms with Gasteiger partial charge in [-0.1, -0.05) is 12.1 Å². The van der Waals surface area contributed by atoms with Gasteiger partial charge in [-0.05, 0) is 42.8 Å². The summed E-state index contributed by atoms with van der Waals surface area (Å²) in [6.45, 7) is 2.23. The van der Waals surface area contributed by atoms with Gasteiger partial charge in [-0.3, -0.25) is 9.59 Å². The second kappa shape index (κ2) is 9.30. The van der Waals surface area contributed by atoms with Crippen LogP contribution in [0.3, 0.4) is 0 Å². The van der Waals surface area contributed by atoms with Crippen LogP contribution in [0.15, 0.2) is 61.2 Å². The van der Waals surface area contributed by atoms with Crippen molar-refractivity contribution in [2.24, 2.45) is 0 Å². The monoisotopic (exact) mass is 412 g/mol. The zero-order valence-corrected chi connectivity index (χ0v) is 16.7. The molecule has 1 unspecified atom stereocenters. The maximum Gasteiger partial charge on any atom is 0.254 e. The molecule has 0 aliphatic rings. The number of hydrogen-bond donors (Lipinski definition) is 1. The van der Waals surface area contributed by atoms with Gasteiger partial charge >= 0.3 is 0 Å². The van der Waals surface area contributed by atoms with Crippen molar-refractivity contribution in [3.8, 4) is 0 Å². The number of nitrogens with one attached hydrogen (secondary N) is 1. The highest BCUT2D eigenvalue weighted by molar-refractivity contribution is 5.97. The van der Waals surface area contributed by atoms with E-state index in [1.807, 2.05) is 0 Å². The molecular weight excluding hydrogens is 390 g/mol. The number of carbonyl (C=O) groups is 2. The predicted octanol–water partition coefficient (Wildman–Crippen LogP) is 4.02. The standard InChI is InChI=1S/C22H22F2N4O2/c1-15(16-6-7-19(23)20(24)13-16)27(2)22(30)17-4-3-5-18(12-17)26-21(29)8-10-28-11-9-25-14-28/h3-7,9,11-15H,8,10H2,1-2H3,(H,26,29). The molecule has 0 aliphatic heterocycles. The molecule has 0 saturated heterocycles. The fourth-order valence-electron chi connectivity index (χ4n) is 2.98. The molecule has 0 radical (unpaired) electrons. The molecule has 1 heterocycles. The second-order valence-electron chi connectivity index (χ2n) is 6.95. The average molecular weight is 412 g/mol. The minimum absolute atomic E-state index is 0.184. The van der Waals surface area contributed by atoms with Gasteiger partial charge in [-0.25, -0.2) is 13.8 Å². The molecule has 3 aromatic rings. The minimum atomic E-state index is -0.958. The van der Waals surface area contributed by atoms with E-state index in [0.717, 1.165) is 12.1 Å². The number of aromatic nitrogens is 2. The van der Waals surface area contributed by atoms with E-state index in [-0.39, 0.29) is 18.2 Å². The number of hydrogen-bond acceptors (Lipinski definition) is 3. The molecule has 1 aromatic heterocycles. The van der Waals surface area contributed by atoms with Crippen molar-refractivity contribution in [3.63, 3.8) is 0 Å². The Hall–Kier alpha value is -3.55. The molecule has 0 aliphatic carbocycles. The third-order valence-corrected chi connectivity index (χ3v) is 4.88. The van der Waals surface area contributed by atoms with Gasteiger partial charge in [0.25, 0.3) is 5.91 Å². The molecule has 0 spiro atoms. The van der Waals surface area contributed by atoms with E-state index in [9.17, 15) is 18.4 Å². The van der Waals surface area contributed by atoms with E-state index in [1.54, 1.807) is 61.5 Å². The SMILES string of the molecule is CC(c1ccc(F)c(F)c1)N(C)C(=O)c1cccc(NC(=O)CCn2ccnc2)c1. The number of anilines is 1. The van der Waals surface area contributed by atoms with Crippen molar-refractivity contribution in [2.45, 2.75) is 25.9 Å². The van der Waals surface area contributed by atoms with Gasteiger partial charge in [-0.15, -0.1) is 0 Å². The molecule has 0 bridgehead atoms. The van der Waals surface area contributed by atoms with Crippen LogP contribution in [0.4, 0.5) is 14.5 Å². The van der Waals surface area contributed by atoms with E-state index < -0.39 is 17.7 Å². The number of nitrogens with zero attached hydrogens (tertiary/aromatic N) is 3. The van der Waals surface area contributed by atoms with Gasteiger partial charge < -0.3 is 14.8 Å². The molecule has 3 rings (SSSR count). The molecule has 2 aromatic carbocycles. The quantitative estimate of drug-likeness (QED) is 0.637. The van der Waals surface area contributed by atoms with E-state index in [1.165, 1.54) is 11.0 Å². The van der Waals surface area contributed by atoms with Gasteiger partial charge in [0.15, 0.2) is 11.6 Å². The van der Waals surface area contributed by atoms with Crippen LogP contribution in [0, 0.1) is 11.6 Å². The van der Waals surface area contributed by atoms with Crippen LogP contribution < -0.4 is 5.32 Å². The van der Waals surface area contributed by atoms with Gasteiger partial charge in [0.05, 0.1) is 12.4 Å². The highest BCUT2D eigenvalue weighted by atomic mass is 19.2. The van der Waals surface area contributed by atoms with Crippen LogP contribution in [0.2, 0.25) is 0 Å². The van der Waals surface area contributed by atoms with Crippen molar-refractivity contribution >= 4 is 17.5 Å². The van der Waals surface area contributed by atoms with Crippen molar-refractivity contribution in [1.29, 1.82) is 0 Å². The van der Waals surface area contributed by atoms with Crippen molar-refractivity contribution in [1.82, 2.24) is 14.5 Å². The van der Waals surface area contributed by atoms with Crippen molar-refractivity contribution in [3.05, 3.63) is 83.9 Å². The van der Waals surface area contributed by atoms with Crippen LogP contribution in [0.25, 0.3) is 0 Å². The van der Waals surface area contributed by atoms with Crippen molar-refractivity contribution in [2.75, 3.05) is 12.4 Å². The molecule has 6 nitrogen and oxygen atoms in total. The van der Waals surface area contributed by atoms with Crippen LogP contribution >= 0.6 is 0 Å². The van der Waals surface area contributed by atoms with E-state index >= 15 is 0 Å². The molecule has 0 fully saturated rings. The molecule has 30 heavy (non-hydrogen) atoms. The Labute approximate surface area is 173 Å². The lowest BCUT2D eigenvalue weighted by molar-refractivity contribution is -0.116. The molecule has 1 N–H and O–H groups in total. The fourth-order valence-corrected chi connectivity index (χ4v) is 2.98. The molecule has 156 valence electrons. The third-order valence-electron chi connectivity index (χ3n) is 4.88. The summed E-state index contributed by atoms with van der Waals surface area (Å²) in [7, 11) is 1.59. The highest BCUT2D eigenvalue weighted by Crippen LogP contribution is 2.23. The number of amides is 2. The Morgan fingerprint density at radius 2 is 1.97 bits per heavy atom. The van der Waals surface area contributed by atoms with Gasteiger partial charge in [0, 0.05) is 43.7 Å². The topological polar surface area (TPSA) is 67.2 Å². The Kier molecular flexibility index (Phi) is 6.56. The lowest BCUT2D eigenvalue weighted by Crippen LogP contribution is -2.29. The van der Waals surface area contributed by atoms with Crippen LogP contribution in [0.1, 0.15) is 35.3 Å². The number of halogens is 2. The maximum atomic E-state index is 13.5. The Morgan fingerprint density at radius 1 is 1.17 bits per heavy atom.